The van der Waals surface area contributed by atoms with Gasteiger partial charge in [-0.25, -0.2) is 23.2 Å². The van der Waals surface area contributed by atoms with E-state index in [9.17, 15) is 8.42 Å². The van der Waals surface area contributed by atoms with Gasteiger partial charge in [-0.1, -0.05) is 12.1 Å². The first-order valence-corrected chi connectivity index (χ1v) is 10.2. The molecule has 0 spiro atoms. The zero-order valence-corrected chi connectivity index (χ0v) is 15.8. The van der Waals surface area contributed by atoms with Gasteiger partial charge in [0.1, 0.15) is 0 Å². The maximum atomic E-state index is 11.7. The van der Waals surface area contributed by atoms with Crippen molar-refractivity contribution in [2.45, 2.75) is 4.90 Å². The zero-order chi connectivity index (χ0) is 20.0. The molecule has 142 valence electrons. The number of primary sulfonamides is 1. The van der Waals surface area contributed by atoms with Crippen LogP contribution in [0.2, 0.25) is 0 Å². The van der Waals surface area contributed by atoms with Gasteiger partial charge in [0.2, 0.25) is 10.0 Å². The predicted octanol–water partition coefficient (Wildman–Crippen LogP) is 2.68. The summed E-state index contributed by atoms with van der Waals surface area (Å²) in [6, 6.07) is 12.1. The summed E-state index contributed by atoms with van der Waals surface area (Å²) in [5.41, 5.74) is 3.77. The Balaban J connectivity index is 1.74. The van der Waals surface area contributed by atoms with Gasteiger partial charge in [0.25, 0.3) is 0 Å². The molecule has 0 aliphatic heterocycles. The third kappa shape index (κ3) is 2.93. The molecule has 0 saturated carbocycles. The summed E-state index contributed by atoms with van der Waals surface area (Å²) in [6.07, 6.45) is 8.63. The average Bonchev–Trinajstić information content (AvgIpc) is 3.17. The van der Waals surface area contributed by atoms with Crippen LogP contribution in [0, 0.1) is 0 Å². The van der Waals surface area contributed by atoms with E-state index >= 15 is 0 Å². The van der Waals surface area contributed by atoms with Crippen LogP contribution < -0.4 is 5.14 Å². The monoisotopic (exact) mass is 402 g/mol. The van der Waals surface area contributed by atoms with Crippen LogP contribution in [-0.2, 0) is 10.0 Å². The van der Waals surface area contributed by atoms with Gasteiger partial charge < -0.3 is 0 Å². The van der Waals surface area contributed by atoms with Crippen LogP contribution in [0.4, 0.5) is 0 Å². The lowest BCUT2D eigenvalue weighted by molar-refractivity contribution is 0.597. The number of hydrogen-bond donors (Lipinski definition) is 1. The van der Waals surface area contributed by atoms with Crippen LogP contribution in [0.25, 0.3) is 38.8 Å². The molecule has 5 rings (SSSR count). The Morgan fingerprint density at radius 1 is 0.862 bits per heavy atom. The number of aromatic nitrogens is 5. The van der Waals surface area contributed by atoms with Crippen molar-refractivity contribution in [2.24, 2.45) is 5.14 Å². The molecule has 8 nitrogen and oxygen atoms in total. The molecule has 0 radical (unpaired) electrons. The van der Waals surface area contributed by atoms with Crippen molar-refractivity contribution in [1.82, 2.24) is 24.7 Å². The van der Waals surface area contributed by atoms with E-state index in [-0.39, 0.29) is 4.90 Å². The summed E-state index contributed by atoms with van der Waals surface area (Å²) < 4.78 is 25.0. The number of nitrogens with zero attached hydrogens (tertiary/aromatic N) is 5. The maximum Gasteiger partial charge on any atom is 0.238 e. The molecule has 5 aromatic rings. The number of fused-ring (bicyclic) bond motifs is 2. The summed E-state index contributed by atoms with van der Waals surface area (Å²) in [6.45, 7) is 0. The van der Waals surface area contributed by atoms with Crippen LogP contribution in [0.1, 0.15) is 0 Å². The first-order chi connectivity index (χ1) is 14.0. The highest BCUT2D eigenvalue weighted by molar-refractivity contribution is 7.89. The summed E-state index contributed by atoms with van der Waals surface area (Å²) in [4.78, 5) is 13.1. The quantitative estimate of drug-likeness (QED) is 0.496. The van der Waals surface area contributed by atoms with Crippen molar-refractivity contribution in [3.63, 3.8) is 0 Å². The average molecular weight is 402 g/mol. The third-order valence-electron chi connectivity index (χ3n) is 4.68. The molecule has 0 amide bonds. The van der Waals surface area contributed by atoms with E-state index in [0.717, 1.165) is 27.4 Å². The van der Waals surface area contributed by atoms with Crippen LogP contribution in [0.5, 0.6) is 0 Å². The van der Waals surface area contributed by atoms with E-state index in [4.69, 9.17) is 5.14 Å². The normalized spacial score (nSPS) is 11.9. The number of sulfonamides is 1. The Morgan fingerprint density at radius 3 is 2.62 bits per heavy atom. The lowest BCUT2D eigenvalue weighted by Gasteiger charge is -2.08. The van der Waals surface area contributed by atoms with Crippen LogP contribution in [-0.4, -0.2) is 33.2 Å². The Morgan fingerprint density at radius 2 is 1.76 bits per heavy atom. The fourth-order valence-electron chi connectivity index (χ4n) is 3.36. The third-order valence-corrected chi connectivity index (χ3v) is 5.59. The van der Waals surface area contributed by atoms with Crippen molar-refractivity contribution < 1.29 is 8.42 Å². The van der Waals surface area contributed by atoms with Gasteiger partial charge in [0, 0.05) is 34.9 Å². The smallest absolute Gasteiger partial charge is 0.238 e. The molecule has 0 saturated heterocycles. The van der Waals surface area contributed by atoms with E-state index in [1.807, 2.05) is 18.2 Å². The van der Waals surface area contributed by atoms with Crippen molar-refractivity contribution in [3.05, 3.63) is 73.4 Å². The largest absolute Gasteiger partial charge is 0.262 e. The van der Waals surface area contributed by atoms with Crippen molar-refractivity contribution in [2.75, 3.05) is 0 Å². The number of rotatable bonds is 3. The fourth-order valence-corrected chi connectivity index (χ4v) is 3.91. The Bertz CT molecular complexity index is 1490. The Kier molecular flexibility index (Phi) is 3.86. The topological polar surface area (TPSA) is 117 Å². The minimum absolute atomic E-state index is 0.0131. The van der Waals surface area contributed by atoms with Gasteiger partial charge in [0.15, 0.2) is 5.65 Å². The van der Waals surface area contributed by atoms with Crippen molar-refractivity contribution in [3.8, 4) is 16.8 Å². The second kappa shape index (κ2) is 6.43. The lowest BCUT2D eigenvalue weighted by Crippen LogP contribution is -2.12. The molecule has 9 heteroatoms. The second-order valence-electron chi connectivity index (χ2n) is 6.45. The van der Waals surface area contributed by atoms with Crippen molar-refractivity contribution in [1.29, 1.82) is 0 Å². The first kappa shape index (κ1) is 17.4. The number of pyridine rings is 3. The summed E-state index contributed by atoms with van der Waals surface area (Å²) >= 11 is 0. The SMILES string of the molecule is NS(=O)(=O)c1cccc(-n2ncc3c(-c4cncc5ncccc45)ccnc32)c1. The van der Waals surface area contributed by atoms with Gasteiger partial charge in [-0.2, -0.15) is 5.10 Å². The minimum atomic E-state index is -3.82. The van der Waals surface area contributed by atoms with E-state index in [1.54, 1.807) is 47.8 Å². The second-order valence-corrected chi connectivity index (χ2v) is 8.01. The van der Waals surface area contributed by atoms with Gasteiger partial charge in [0.05, 0.1) is 28.5 Å². The zero-order valence-electron chi connectivity index (χ0n) is 15.0. The molecular formula is C20H14N6O2S. The van der Waals surface area contributed by atoms with Crippen LogP contribution in [0.3, 0.4) is 0 Å². The molecule has 2 N–H and O–H groups in total. The number of nitrogens with two attached hydrogens (primary N) is 1. The highest BCUT2D eigenvalue weighted by Crippen LogP contribution is 2.32. The molecule has 4 heterocycles. The number of benzene rings is 1. The van der Waals surface area contributed by atoms with E-state index in [0.29, 0.717) is 11.3 Å². The van der Waals surface area contributed by atoms with E-state index < -0.39 is 10.0 Å². The van der Waals surface area contributed by atoms with Crippen LogP contribution >= 0.6 is 0 Å². The summed E-state index contributed by atoms with van der Waals surface area (Å²) in [5, 5.41) is 11.5. The molecule has 0 fully saturated rings. The summed E-state index contributed by atoms with van der Waals surface area (Å²) in [5.74, 6) is 0. The molecule has 0 unspecified atom stereocenters. The van der Waals surface area contributed by atoms with E-state index in [1.165, 1.54) is 12.1 Å². The Labute approximate surface area is 165 Å². The Hall–Kier alpha value is -3.69. The standard InChI is InChI=1S/C20H14N6O2S/c21-29(27,28)14-4-1-3-13(9-14)26-20-18(11-25-26)15(6-8-24-20)17-10-22-12-19-16(17)5-2-7-23-19/h1-12H,(H2,21,27,28). The minimum Gasteiger partial charge on any atom is -0.262 e. The van der Waals surface area contributed by atoms with E-state index in [2.05, 4.69) is 20.1 Å². The maximum absolute atomic E-state index is 11.7. The fraction of sp³-hybridized carbons (Fsp3) is 0. The molecule has 0 bridgehead atoms. The molecule has 0 aliphatic rings. The molecule has 0 aliphatic carbocycles. The van der Waals surface area contributed by atoms with Crippen molar-refractivity contribution >= 4 is 32.0 Å². The predicted molar refractivity (Wildman–Crippen MR) is 109 cm³/mol. The first-order valence-electron chi connectivity index (χ1n) is 8.67. The summed E-state index contributed by atoms with van der Waals surface area (Å²) in [7, 11) is -3.82. The van der Waals surface area contributed by atoms with Crippen LogP contribution in [0.15, 0.2) is 78.3 Å². The lowest BCUT2D eigenvalue weighted by atomic mass is 10.0. The molecule has 4 aromatic heterocycles. The molecular weight excluding hydrogens is 388 g/mol. The molecule has 1 aromatic carbocycles. The molecule has 29 heavy (non-hydrogen) atoms. The van der Waals surface area contributed by atoms with Gasteiger partial charge >= 0.3 is 0 Å². The highest BCUT2D eigenvalue weighted by Gasteiger charge is 2.15. The highest BCUT2D eigenvalue weighted by atomic mass is 32.2. The van der Waals surface area contributed by atoms with Gasteiger partial charge in [-0.3, -0.25) is 9.97 Å². The van der Waals surface area contributed by atoms with Gasteiger partial charge in [-0.05, 0) is 35.9 Å². The molecule has 0 atom stereocenters. The number of hydrogen-bond acceptors (Lipinski definition) is 6. The van der Waals surface area contributed by atoms with Gasteiger partial charge in [-0.15, -0.1) is 0 Å².